The van der Waals surface area contributed by atoms with Crippen molar-refractivity contribution in [1.82, 2.24) is 15.5 Å². The number of hydrogen-bond acceptors (Lipinski definition) is 3. The van der Waals surface area contributed by atoms with E-state index in [0.29, 0.717) is 12.1 Å². The highest BCUT2D eigenvalue weighted by Gasteiger charge is 2.26. The normalized spacial score (nSPS) is 15.1. The third-order valence-corrected chi connectivity index (χ3v) is 3.48. The van der Waals surface area contributed by atoms with E-state index < -0.39 is 5.54 Å². The third-order valence-electron chi connectivity index (χ3n) is 3.48. The molecule has 0 bridgehead atoms. The molecule has 108 valence electrons. The van der Waals surface area contributed by atoms with E-state index in [-0.39, 0.29) is 17.9 Å². The van der Waals surface area contributed by atoms with Crippen LogP contribution in [-0.4, -0.2) is 33.4 Å². The highest BCUT2D eigenvalue weighted by molar-refractivity contribution is 5.92. The summed E-state index contributed by atoms with van der Waals surface area (Å²) in [6.07, 6.45) is 1.29. The average Bonchev–Trinajstić information content (AvgIpc) is 2.78. The van der Waals surface area contributed by atoms with Crippen molar-refractivity contribution < 1.29 is 9.90 Å². The lowest BCUT2D eigenvalue weighted by atomic mass is 9.92. The average molecular weight is 267 g/mol. The Kier molecular flexibility index (Phi) is 4.74. The van der Waals surface area contributed by atoms with E-state index in [0.717, 1.165) is 12.1 Å². The van der Waals surface area contributed by atoms with Crippen molar-refractivity contribution in [3.8, 4) is 0 Å². The zero-order valence-electron chi connectivity index (χ0n) is 12.5. The number of amides is 1. The molecule has 0 fully saturated rings. The topological polar surface area (TPSA) is 78.0 Å². The molecule has 0 aliphatic carbocycles. The Morgan fingerprint density at radius 2 is 2.05 bits per heavy atom. The number of aromatic nitrogens is 2. The molecule has 3 N–H and O–H groups in total. The highest BCUT2D eigenvalue weighted by atomic mass is 16.3. The molecule has 1 rings (SSSR count). The summed E-state index contributed by atoms with van der Waals surface area (Å²) in [5.74, 6) is -0.204. The first-order valence-electron chi connectivity index (χ1n) is 6.71. The van der Waals surface area contributed by atoms with Crippen molar-refractivity contribution in [3.05, 3.63) is 17.5 Å². The van der Waals surface area contributed by atoms with Gasteiger partial charge in [-0.2, -0.15) is 5.10 Å². The van der Waals surface area contributed by atoms with Crippen LogP contribution >= 0.6 is 0 Å². The van der Waals surface area contributed by atoms with Gasteiger partial charge in [-0.05, 0) is 25.8 Å². The summed E-state index contributed by atoms with van der Waals surface area (Å²) in [6, 6.07) is 1.78. The maximum atomic E-state index is 12.2. The van der Waals surface area contributed by atoms with E-state index in [4.69, 9.17) is 5.11 Å². The van der Waals surface area contributed by atoms with Crippen molar-refractivity contribution in [2.24, 2.45) is 0 Å². The van der Waals surface area contributed by atoms with Crippen LogP contribution in [0.2, 0.25) is 0 Å². The molecule has 0 aliphatic heterocycles. The molecule has 1 heterocycles. The predicted octanol–water partition coefficient (Wildman–Crippen LogP) is 1.99. The molecule has 5 nitrogen and oxygen atoms in total. The third kappa shape index (κ3) is 4.06. The zero-order valence-corrected chi connectivity index (χ0v) is 12.5. The number of hydrogen-bond donors (Lipinski definition) is 3. The Hall–Kier alpha value is -1.36. The summed E-state index contributed by atoms with van der Waals surface area (Å²) < 4.78 is 0. The zero-order chi connectivity index (χ0) is 14.7. The lowest BCUT2D eigenvalue weighted by Crippen LogP contribution is -2.46. The Bertz CT molecular complexity index is 434. The van der Waals surface area contributed by atoms with Gasteiger partial charge >= 0.3 is 0 Å². The minimum atomic E-state index is -0.396. The van der Waals surface area contributed by atoms with Gasteiger partial charge < -0.3 is 10.4 Å². The standard InChI is InChI=1S/C14H25N3O2/c1-6-14(5,7-8-18)15-12(19)10-9-11(17-16-10)13(2,3)4/h9,18H,6-8H2,1-5H3,(H,15,19)(H,16,17). The summed E-state index contributed by atoms with van der Waals surface area (Å²) in [5, 5.41) is 19.0. The SMILES string of the molecule is CCC(C)(CCO)NC(=O)c1cc(C(C)(C)C)[nH]n1. The molecule has 1 amide bonds. The second kappa shape index (κ2) is 5.74. The monoisotopic (exact) mass is 267 g/mol. The van der Waals surface area contributed by atoms with Crippen molar-refractivity contribution in [2.45, 2.75) is 58.4 Å². The maximum absolute atomic E-state index is 12.2. The molecule has 0 saturated carbocycles. The number of aliphatic hydroxyl groups is 1. The Labute approximate surface area is 114 Å². The van der Waals surface area contributed by atoms with E-state index in [2.05, 4.69) is 36.3 Å². The molecular weight excluding hydrogens is 242 g/mol. The Morgan fingerprint density at radius 1 is 1.42 bits per heavy atom. The number of nitrogens with zero attached hydrogens (tertiary/aromatic N) is 1. The van der Waals surface area contributed by atoms with E-state index in [1.807, 2.05) is 13.8 Å². The number of aliphatic hydroxyl groups excluding tert-OH is 1. The molecule has 1 aromatic rings. The Morgan fingerprint density at radius 3 is 2.47 bits per heavy atom. The molecule has 19 heavy (non-hydrogen) atoms. The first kappa shape index (κ1) is 15.7. The van der Waals surface area contributed by atoms with Crippen LogP contribution in [0.25, 0.3) is 0 Å². The van der Waals surface area contributed by atoms with E-state index in [1.165, 1.54) is 0 Å². The number of carbonyl (C=O) groups is 1. The number of H-pyrrole nitrogens is 1. The molecule has 0 radical (unpaired) electrons. The summed E-state index contributed by atoms with van der Waals surface area (Å²) in [7, 11) is 0. The number of nitrogens with one attached hydrogen (secondary N) is 2. The van der Waals surface area contributed by atoms with E-state index in [9.17, 15) is 4.79 Å². The van der Waals surface area contributed by atoms with Crippen LogP contribution in [0.15, 0.2) is 6.07 Å². The molecule has 1 unspecified atom stereocenters. The summed E-state index contributed by atoms with van der Waals surface area (Å²) in [6.45, 7) is 10.1. The smallest absolute Gasteiger partial charge is 0.272 e. The van der Waals surface area contributed by atoms with Gasteiger partial charge in [0.2, 0.25) is 0 Å². The van der Waals surface area contributed by atoms with Crippen LogP contribution in [0, 0.1) is 0 Å². The van der Waals surface area contributed by atoms with Gasteiger partial charge in [-0.1, -0.05) is 27.7 Å². The molecule has 0 aromatic carbocycles. The fourth-order valence-electron chi connectivity index (χ4n) is 1.73. The first-order chi connectivity index (χ1) is 8.72. The first-order valence-corrected chi connectivity index (χ1v) is 6.71. The van der Waals surface area contributed by atoms with Crippen molar-refractivity contribution in [1.29, 1.82) is 0 Å². The summed E-state index contributed by atoms with van der Waals surface area (Å²) in [5.41, 5.74) is 0.859. The molecule has 0 spiro atoms. The molecular formula is C14H25N3O2. The molecule has 1 aromatic heterocycles. The van der Waals surface area contributed by atoms with Gasteiger partial charge in [-0.25, -0.2) is 0 Å². The molecule has 5 heteroatoms. The van der Waals surface area contributed by atoms with Gasteiger partial charge in [0, 0.05) is 23.3 Å². The second-order valence-electron chi connectivity index (χ2n) is 6.26. The van der Waals surface area contributed by atoms with Gasteiger partial charge in [-0.15, -0.1) is 0 Å². The minimum absolute atomic E-state index is 0.0540. The van der Waals surface area contributed by atoms with Crippen LogP contribution in [0.4, 0.5) is 0 Å². The predicted molar refractivity (Wildman–Crippen MR) is 75.2 cm³/mol. The lowest BCUT2D eigenvalue weighted by molar-refractivity contribution is 0.0881. The van der Waals surface area contributed by atoms with Crippen LogP contribution in [0.3, 0.4) is 0 Å². The Balaban J connectivity index is 2.81. The highest BCUT2D eigenvalue weighted by Crippen LogP contribution is 2.21. The molecule has 0 aliphatic rings. The number of carbonyl (C=O) groups excluding carboxylic acids is 1. The number of rotatable bonds is 5. The van der Waals surface area contributed by atoms with E-state index >= 15 is 0 Å². The second-order valence-corrected chi connectivity index (χ2v) is 6.26. The van der Waals surface area contributed by atoms with Crippen LogP contribution in [0.1, 0.15) is 63.6 Å². The van der Waals surface area contributed by atoms with Gasteiger partial charge in [0.05, 0.1) is 0 Å². The molecule has 1 atom stereocenters. The van der Waals surface area contributed by atoms with Crippen molar-refractivity contribution in [2.75, 3.05) is 6.61 Å². The van der Waals surface area contributed by atoms with Gasteiger partial charge in [0.15, 0.2) is 0 Å². The fraction of sp³-hybridized carbons (Fsp3) is 0.714. The van der Waals surface area contributed by atoms with Crippen molar-refractivity contribution in [3.63, 3.8) is 0 Å². The van der Waals surface area contributed by atoms with Gasteiger partial charge in [0.1, 0.15) is 5.69 Å². The lowest BCUT2D eigenvalue weighted by Gasteiger charge is -2.28. The van der Waals surface area contributed by atoms with E-state index in [1.54, 1.807) is 6.07 Å². The number of aromatic amines is 1. The largest absolute Gasteiger partial charge is 0.396 e. The quantitative estimate of drug-likeness (QED) is 0.763. The van der Waals surface area contributed by atoms with Crippen LogP contribution < -0.4 is 5.32 Å². The van der Waals surface area contributed by atoms with Crippen LogP contribution in [0.5, 0.6) is 0 Å². The summed E-state index contributed by atoms with van der Waals surface area (Å²) in [4.78, 5) is 12.2. The minimum Gasteiger partial charge on any atom is -0.396 e. The molecule has 0 saturated heterocycles. The summed E-state index contributed by atoms with van der Waals surface area (Å²) >= 11 is 0. The maximum Gasteiger partial charge on any atom is 0.272 e. The van der Waals surface area contributed by atoms with Crippen LogP contribution in [-0.2, 0) is 5.41 Å². The van der Waals surface area contributed by atoms with Gasteiger partial charge in [0.25, 0.3) is 5.91 Å². The van der Waals surface area contributed by atoms with Crippen molar-refractivity contribution >= 4 is 5.91 Å². The fourth-order valence-corrected chi connectivity index (χ4v) is 1.73. The van der Waals surface area contributed by atoms with Gasteiger partial charge in [-0.3, -0.25) is 9.89 Å².